The van der Waals surface area contributed by atoms with Crippen LogP contribution in [-0.2, 0) is 4.79 Å². The van der Waals surface area contributed by atoms with Gasteiger partial charge in [-0.1, -0.05) is 44.2 Å². The molecule has 8 nitrogen and oxygen atoms in total. The van der Waals surface area contributed by atoms with E-state index in [0.717, 1.165) is 12.0 Å². The summed E-state index contributed by atoms with van der Waals surface area (Å²) in [5, 5.41) is 14.8. The minimum Gasteiger partial charge on any atom is -0.362 e. The predicted octanol–water partition coefficient (Wildman–Crippen LogP) is 3.78. The summed E-state index contributed by atoms with van der Waals surface area (Å²) < 4.78 is 0. The third-order valence-corrected chi connectivity index (χ3v) is 5.71. The molecule has 1 atom stereocenters. The molecule has 3 rings (SSSR count). The molecule has 1 heterocycles. The summed E-state index contributed by atoms with van der Waals surface area (Å²) >= 11 is 0. The molecule has 1 saturated heterocycles. The summed E-state index contributed by atoms with van der Waals surface area (Å²) in [6, 6.07) is 14.2. The van der Waals surface area contributed by atoms with E-state index in [1.807, 2.05) is 35.2 Å². The number of nitrogens with one attached hydrogen (secondary N) is 1. The molecule has 1 aliphatic rings. The Morgan fingerprint density at radius 1 is 1.06 bits per heavy atom. The van der Waals surface area contributed by atoms with E-state index >= 15 is 0 Å². The van der Waals surface area contributed by atoms with Crippen LogP contribution in [0.2, 0.25) is 0 Å². The summed E-state index contributed by atoms with van der Waals surface area (Å²) in [5.74, 6) is 0.0296. The average Bonchev–Trinajstić information content (AvgIpc) is 2.78. The fraction of sp³-hybridized carbons (Fsp3) is 0.417. The molecule has 32 heavy (non-hydrogen) atoms. The van der Waals surface area contributed by atoms with E-state index in [-0.39, 0.29) is 29.1 Å². The van der Waals surface area contributed by atoms with Crippen LogP contribution in [0.3, 0.4) is 0 Å². The largest absolute Gasteiger partial charge is 0.362 e. The zero-order valence-corrected chi connectivity index (χ0v) is 18.8. The molecule has 170 valence electrons. The molecule has 0 aliphatic carbocycles. The smallest absolute Gasteiger partial charge is 0.293 e. The Labute approximate surface area is 188 Å². The first-order valence-corrected chi connectivity index (χ1v) is 10.9. The second-order valence-electron chi connectivity index (χ2n) is 8.52. The van der Waals surface area contributed by atoms with Crippen molar-refractivity contribution in [1.82, 2.24) is 10.2 Å². The second kappa shape index (κ2) is 10.3. The van der Waals surface area contributed by atoms with Crippen LogP contribution in [0.4, 0.5) is 11.4 Å². The highest BCUT2D eigenvalue weighted by Gasteiger charge is 2.26. The number of carbonyl (C=O) groups excluding carboxylic acids is 2. The lowest BCUT2D eigenvalue weighted by Crippen LogP contribution is -2.48. The third kappa shape index (κ3) is 5.63. The number of carbonyl (C=O) groups is 2. The molecule has 0 bridgehead atoms. The van der Waals surface area contributed by atoms with Crippen molar-refractivity contribution < 1.29 is 14.5 Å². The first kappa shape index (κ1) is 23.2. The number of piperazine rings is 1. The Balaban J connectivity index is 1.80. The molecular weight excluding hydrogens is 408 g/mol. The van der Waals surface area contributed by atoms with Crippen molar-refractivity contribution in [3.8, 4) is 0 Å². The highest BCUT2D eigenvalue weighted by Crippen LogP contribution is 2.31. The standard InChI is InChI=1S/C24H30N4O4/c1-17(2)15-21(19-7-5-4-6-8-19)25-24(30)20-9-10-22(23(16-20)28(31)32)27-13-11-26(12-14-27)18(3)29/h4-10,16-17,21H,11-15H2,1-3H3,(H,25,30)/t21-/m1/s1. The molecule has 0 spiro atoms. The van der Waals surface area contributed by atoms with Gasteiger partial charge in [-0.25, -0.2) is 0 Å². The van der Waals surface area contributed by atoms with Gasteiger partial charge in [0.2, 0.25) is 5.91 Å². The van der Waals surface area contributed by atoms with Crippen molar-refractivity contribution in [3.05, 3.63) is 69.8 Å². The van der Waals surface area contributed by atoms with Gasteiger partial charge in [0.1, 0.15) is 5.69 Å². The molecule has 1 fully saturated rings. The van der Waals surface area contributed by atoms with Crippen LogP contribution in [0.15, 0.2) is 48.5 Å². The maximum absolute atomic E-state index is 13.0. The predicted molar refractivity (Wildman–Crippen MR) is 124 cm³/mol. The third-order valence-electron chi connectivity index (χ3n) is 5.71. The summed E-state index contributed by atoms with van der Waals surface area (Å²) in [7, 11) is 0. The number of nitro groups is 1. The van der Waals surface area contributed by atoms with Gasteiger partial charge in [-0.15, -0.1) is 0 Å². The van der Waals surface area contributed by atoms with Gasteiger partial charge in [0.25, 0.3) is 11.6 Å². The van der Waals surface area contributed by atoms with Crippen LogP contribution >= 0.6 is 0 Å². The number of hydrogen-bond acceptors (Lipinski definition) is 5. The lowest BCUT2D eigenvalue weighted by atomic mass is 9.96. The van der Waals surface area contributed by atoms with Crippen LogP contribution in [0.25, 0.3) is 0 Å². The molecule has 1 aliphatic heterocycles. The van der Waals surface area contributed by atoms with Crippen LogP contribution in [-0.4, -0.2) is 47.8 Å². The van der Waals surface area contributed by atoms with Crippen molar-refractivity contribution in [2.24, 2.45) is 5.92 Å². The molecule has 2 aromatic rings. The Kier molecular flexibility index (Phi) is 7.45. The fourth-order valence-electron chi connectivity index (χ4n) is 4.02. The number of anilines is 1. The number of nitrogens with zero attached hydrogens (tertiary/aromatic N) is 3. The average molecular weight is 439 g/mol. The Morgan fingerprint density at radius 3 is 2.28 bits per heavy atom. The topological polar surface area (TPSA) is 95.8 Å². The quantitative estimate of drug-likeness (QED) is 0.524. The SMILES string of the molecule is CC(=O)N1CCN(c2ccc(C(=O)N[C@H](CC(C)C)c3ccccc3)cc2[N+](=O)[O-])CC1. The van der Waals surface area contributed by atoms with Crippen molar-refractivity contribution in [3.63, 3.8) is 0 Å². The van der Waals surface area contributed by atoms with Crippen LogP contribution in [0.1, 0.15) is 49.2 Å². The van der Waals surface area contributed by atoms with E-state index < -0.39 is 4.92 Å². The molecule has 0 radical (unpaired) electrons. The summed E-state index contributed by atoms with van der Waals surface area (Å²) in [6.45, 7) is 7.76. The Bertz CT molecular complexity index is 969. The van der Waals surface area contributed by atoms with Crippen molar-refractivity contribution in [2.75, 3.05) is 31.1 Å². The highest BCUT2D eigenvalue weighted by atomic mass is 16.6. The Morgan fingerprint density at radius 2 is 1.72 bits per heavy atom. The highest BCUT2D eigenvalue weighted by molar-refractivity contribution is 5.96. The summed E-state index contributed by atoms with van der Waals surface area (Å²) in [5.41, 5.74) is 1.63. The molecule has 0 aromatic heterocycles. The maximum atomic E-state index is 13.0. The zero-order valence-electron chi connectivity index (χ0n) is 18.8. The minimum absolute atomic E-state index is 0.000497. The van der Waals surface area contributed by atoms with Gasteiger partial charge in [0, 0.05) is 44.7 Å². The van der Waals surface area contributed by atoms with Gasteiger partial charge < -0.3 is 15.1 Å². The summed E-state index contributed by atoms with van der Waals surface area (Å²) in [4.78, 5) is 39.5. The van der Waals surface area contributed by atoms with Crippen molar-refractivity contribution in [2.45, 2.75) is 33.2 Å². The van der Waals surface area contributed by atoms with Crippen molar-refractivity contribution >= 4 is 23.2 Å². The van der Waals surface area contributed by atoms with Gasteiger partial charge in [-0.05, 0) is 30.0 Å². The number of amides is 2. The molecule has 2 aromatic carbocycles. The van der Waals surface area contributed by atoms with E-state index in [2.05, 4.69) is 19.2 Å². The fourth-order valence-corrected chi connectivity index (χ4v) is 4.02. The Hall–Kier alpha value is -3.42. The van der Waals surface area contributed by atoms with Gasteiger partial charge in [-0.3, -0.25) is 19.7 Å². The van der Waals surface area contributed by atoms with E-state index in [0.29, 0.717) is 37.8 Å². The first-order chi connectivity index (χ1) is 15.3. The van der Waals surface area contributed by atoms with Crippen LogP contribution < -0.4 is 10.2 Å². The van der Waals surface area contributed by atoms with Gasteiger partial charge in [0.15, 0.2) is 0 Å². The van der Waals surface area contributed by atoms with Crippen molar-refractivity contribution in [1.29, 1.82) is 0 Å². The molecule has 8 heteroatoms. The number of hydrogen-bond donors (Lipinski definition) is 1. The minimum atomic E-state index is -0.452. The van der Waals surface area contributed by atoms with Crippen LogP contribution in [0, 0.1) is 16.0 Å². The molecular formula is C24H30N4O4. The van der Waals surface area contributed by atoms with Crippen LogP contribution in [0.5, 0.6) is 0 Å². The monoisotopic (exact) mass is 438 g/mol. The summed E-state index contributed by atoms with van der Waals surface area (Å²) in [6.07, 6.45) is 0.760. The van der Waals surface area contributed by atoms with Gasteiger partial charge in [0.05, 0.1) is 11.0 Å². The number of nitro benzene ring substituents is 1. The normalized spacial score (nSPS) is 14.9. The number of rotatable bonds is 7. The first-order valence-electron chi connectivity index (χ1n) is 10.9. The van der Waals surface area contributed by atoms with E-state index in [1.165, 1.54) is 13.0 Å². The number of benzene rings is 2. The zero-order chi connectivity index (χ0) is 23.3. The molecule has 0 unspecified atom stereocenters. The van der Waals surface area contributed by atoms with E-state index in [1.54, 1.807) is 17.0 Å². The molecule has 2 amide bonds. The van der Waals surface area contributed by atoms with E-state index in [4.69, 9.17) is 0 Å². The second-order valence-corrected chi connectivity index (χ2v) is 8.52. The molecule has 0 saturated carbocycles. The molecule has 1 N–H and O–H groups in total. The van der Waals surface area contributed by atoms with Gasteiger partial charge >= 0.3 is 0 Å². The lowest BCUT2D eigenvalue weighted by molar-refractivity contribution is -0.384. The van der Waals surface area contributed by atoms with E-state index in [9.17, 15) is 19.7 Å². The maximum Gasteiger partial charge on any atom is 0.293 e. The van der Waals surface area contributed by atoms with Gasteiger partial charge in [-0.2, -0.15) is 0 Å². The lowest BCUT2D eigenvalue weighted by Gasteiger charge is -2.35.